The van der Waals surface area contributed by atoms with Crippen LogP contribution in [0.3, 0.4) is 0 Å². The van der Waals surface area contributed by atoms with Crippen molar-refractivity contribution in [1.82, 2.24) is 29.7 Å². The Morgan fingerprint density at radius 3 is 2.74 bits per heavy atom. The molecule has 0 bridgehead atoms. The summed E-state index contributed by atoms with van der Waals surface area (Å²) in [6.07, 6.45) is 3.09. The number of carbonyl (C=O) groups is 1. The van der Waals surface area contributed by atoms with Crippen LogP contribution in [0.25, 0.3) is 22.3 Å². The summed E-state index contributed by atoms with van der Waals surface area (Å²) in [6, 6.07) is 15.8. The van der Waals surface area contributed by atoms with Crippen LogP contribution in [0.2, 0.25) is 0 Å². The first-order valence-corrected chi connectivity index (χ1v) is 10.1. The van der Waals surface area contributed by atoms with E-state index < -0.39 is 11.5 Å². The fraction of sp³-hybridized carbons (Fsp3) is 0.0435. The third-order valence-electron chi connectivity index (χ3n) is 5.06. The number of benzene rings is 2. The number of halogens is 1. The van der Waals surface area contributed by atoms with Gasteiger partial charge in [0.05, 0.1) is 11.6 Å². The van der Waals surface area contributed by atoms with Crippen molar-refractivity contribution in [3.8, 4) is 11.3 Å². The maximum Gasteiger partial charge on any atom is 0.384 e. The zero-order chi connectivity index (χ0) is 23.7. The first-order valence-electron chi connectivity index (χ1n) is 10.1. The van der Waals surface area contributed by atoms with Crippen LogP contribution < -0.4 is 11.0 Å². The van der Waals surface area contributed by atoms with Crippen molar-refractivity contribution in [3.05, 3.63) is 94.9 Å². The second-order valence-electron chi connectivity index (χ2n) is 7.37. The van der Waals surface area contributed by atoms with E-state index in [4.69, 9.17) is 0 Å². The van der Waals surface area contributed by atoms with Crippen molar-refractivity contribution in [2.45, 2.75) is 6.54 Å². The zero-order valence-corrected chi connectivity index (χ0v) is 17.5. The van der Waals surface area contributed by atoms with Gasteiger partial charge in [0, 0.05) is 23.0 Å². The maximum absolute atomic E-state index is 13.1. The number of carbonyl (C=O) groups excluding carboxylic acids is 1. The topological polar surface area (TPSA) is 128 Å². The van der Waals surface area contributed by atoms with Crippen molar-refractivity contribution in [3.63, 3.8) is 0 Å². The molecule has 0 spiro atoms. The van der Waals surface area contributed by atoms with E-state index >= 15 is 0 Å². The number of anilines is 2. The first kappa shape index (κ1) is 20.9. The van der Waals surface area contributed by atoms with E-state index in [-0.39, 0.29) is 23.8 Å². The van der Waals surface area contributed by atoms with E-state index in [1.165, 1.54) is 35.1 Å². The second kappa shape index (κ2) is 8.54. The summed E-state index contributed by atoms with van der Waals surface area (Å²) in [7, 11) is 0. The quantitative estimate of drug-likeness (QED) is 0.294. The van der Waals surface area contributed by atoms with E-state index in [0.29, 0.717) is 32.6 Å². The Bertz CT molecular complexity index is 1580. The van der Waals surface area contributed by atoms with Crippen LogP contribution in [-0.4, -0.2) is 40.7 Å². The Hall–Kier alpha value is -4.93. The highest BCUT2D eigenvalue weighted by Crippen LogP contribution is 2.25. The zero-order valence-electron chi connectivity index (χ0n) is 17.5. The summed E-state index contributed by atoms with van der Waals surface area (Å²) >= 11 is 0. The molecule has 11 heteroatoms. The van der Waals surface area contributed by atoms with Crippen LogP contribution in [0, 0.1) is 5.82 Å². The second-order valence-corrected chi connectivity index (χ2v) is 7.37. The Morgan fingerprint density at radius 2 is 1.91 bits per heavy atom. The molecule has 3 aromatic heterocycles. The molecular formula is C23H16FN7O3. The predicted octanol–water partition coefficient (Wildman–Crippen LogP) is 3.05. The molecule has 10 nitrogen and oxygen atoms in total. The molecule has 5 aromatic rings. The number of Topliss-reactive ketones (excluding diaryl/α,β-unsaturated/α-hetero) is 1. The summed E-state index contributed by atoms with van der Waals surface area (Å²) in [5, 5.41) is 21.6. The van der Waals surface area contributed by atoms with Gasteiger partial charge >= 0.3 is 5.69 Å². The van der Waals surface area contributed by atoms with Gasteiger partial charge < -0.3 is 10.5 Å². The van der Waals surface area contributed by atoms with Crippen LogP contribution in [0.15, 0.2) is 77.9 Å². The van der Waals surface area contributed by atoms with E-state index in [9.17, 15) is 19.2 Å². The minimum absolute atomic E-state index is 0.0447. The van der Waals surface area contributed by atoms with Gasteiger partial charge in [0.2, 0.25) is 0 Å². The lowest BCUT2D eigenvalue weighted by Crippen LogP contribution is -2.23. The fourth-order valence-corrected chi connectivity index (χ4v) is 3.41. The van der Waals surface area contributed by atoms with Crippen molar-refractivity contribution in [2.75, 3.05) is 5.32 Å². The van der Waals surface area contributed by atoms with Gasteiger partial charge in [-0.15, -0.1) is 9.83 Å². The molecule has 0 aliphatic carbocycles. The normalized spacial score (nSPS) is 11.0. The largest absolute Gasteiger partial charge is 0.422 e. The van der Waals surface area contributed by atoms with E-state index in [0.717, 1.165) is 0 Å². The van der Waals surface area contributed by atoms with Gasteiger partial charge in [0.1, 0.15) is 23.9 Å². The van der Waals surface area contributed by atoms with Crippen LogP contribution in [-0.2, 0) is 6.54 Å². The van der Waals surface area contributed by atoms with Crippen molar-refractivity contribution < 1.29 is 14.4 Å². The lowest BCUT2D eigenvalue weighted by atomic mass is 10.1. The molecule has 0 atom stereocenters. The van der Waals surface area contributed by atoms with Crippen molar-refractivity contribution in [2.24, 2.45) is 0 Å². The number of nitrogens with zero attached hydrogens (tertiary/aromatic N) is 6. The Kier molecular flexibility index (Phi) is 5.26. The highest BCUT2D eigenvalue weighted by molar-refractivity contribution is 5.95. The van der Waals surface area contributed by atoms with Gasteiger partial charge in [-0.25, -0.2) is 18.9 Å². The molecule has 0 fully saturated rings. The third kappa shape index (κ3) is 4.09. The Morgan fingerprint density at radius 1 is 1.09 bits per heavy atom. The highest BCUT2D eigenvalue weighted by Gasteiger charge is 2.13. The molecule has 3 heterocycles. The van der Waals surface area contributed by atoms with Crippen molar-refractivity contribution in [1.29, 1.82) is 0 Å². The maximum atomic E-state index is 13.1. The molecule has 0 aliphatic rings. The van der Waals surface area contributed by atoms with Gasteiger partial charge in [-0.1, -0.05) is 17.3 Å². The van der Waals surface area contributed by atoms with Crippen LogP contribution in [0.1, 0.15) is 10.4 Å². The standard InChI is InChI=1S/C23H16FN7O3/c24-16-8-6-14(7-9-16)20(32)13-30-12-19(28-29-30)15-3-1-4-17(11-15)26-21-18-5-2-10-25-22(18)31(34)23(33)27-21/h1-12,34H,13H2,(H,26,27,33). The average Bonchev–Trinajstić information content (AvgIpc) is 3.31. The molecule has 0 aliphatic heterocycles. The summed E-state index contributed by atoms with van der Waals surface area (Å²) in [5.41, 5.74) is 1.45. The molecule has 5 rings (SSSR count). The van der Waals surface area contributed by atoms with Gasteiger partial charge in [0.15, 0.2) is 11.4 Å². The molecule has 34 heavy (non-hydrogen) atoms. The average molecular weight is 457 g/mol. The van der Waals surface area contributed by atoms with Gasteiger partial charge in [0.25, 0.3) is 0 Å². The predicted molar refractivity (Wildman–Crippen MR) is 120 cm³/mol. The first-order chi connectivity index (χ1) is 16.5. The molecule has 0 amide bonds. The van der Waals surface area contributed by atoms with Gasteiger partial charge in [-0.2, -0.15) is 4.98 Å². The number of nitrogens with one attached hydrogen (secondary N) is 1. The summed E-state index contributed by atoms with van der Waals surface area (Å²) in [5.74, 6) is -0.397. The monoisotopic (exact) mass is 457 g/mol. The van der Waals surface area contributed by atoms with Gasteiger partial charge in [-0.05, 0) is 48.5 Å². The molecule has 0 radical (unpaired) electrons. The van der Waals surface area contributed by atoms with Crippen LogP contribution in [0.5, 0.6) is 0 Å². The number of hydrogen-bond acceptors (Lipinski definition) is 8. The number of hydrogen-bond donors (Lipinski definition) is 2. The SMILES string of the molecule is O=C(Cn1cc(-c2cccc(Nc3nc(=O)n(O)c4ncccc34)c2)nn1)c1ccc(F)cc1. The van der Waals surface area contributed by atoms with E-state index in [1.54, 1.807) is 36.5 Å². The fourth-order valence-electron chi connectivity index (χ4n) is 3.41. The number of pyridine rings is 1. The summed E-state index contributed by atoms with van der Waals surface area (Å²) in [6.45, 7) is -0.0447. The molecule has 0 saturated carbocycles. The minimum atomic E-state index is -0.862. The number of rotatable bonds is 6. The molecular weight excluding hydrogens is 441 g/mol. The smallest absolute Gasteiger partial charge is 0.384 e. The minimum Gasteiger partial charge on any atom is -0.422 e. The summed E-state index contributed by atoms with van der Waals surface area (Å²) in [4.78, 5) is 32.3. The highest BCUT2D eigenvalue weighted by atomic mass is 19.1. The van der Waals surface area contributed by atoms with Gasteiger partial charge in [-0.3, -0.25) is 4.79 Å². The number of fused-ring (bicyclic) bond motifs is 1. The Labute approximate surface area is 190 Å². The van der Waals surface area contributed by atoms with Crippen LogP contribution in [0.4, 0.5) is 15.9 Å². The van der Waals surface area contributed by atoms with E-state index in [2.05, 4.69) is 25.6 Å². The molecule has 2 aromatic carbocycles. The lowest BCUT2D eigenvalue weighted by Gasteiger charge is -2.10. The van der Waals surface area contributed by atoms with E-state index in [1.807, 2.05) is 6.07 Å². The Balaban J connectivity index is 1.38. The molecule has 0 unspecified atom stereocenters. The lowest BCUT2D eigenvalue weighted by molar-refractivity contribution is 0.0967. The van der Waals surface area contributed by atoms with Crippen molar-refractivity contribution >= 4 is 28.3 Å². The molecule has 0 saturated heterocycles. The summed E-state index contributed by atoms with van der Waals surface area (Å²) < 4.78 is 14.9. The van der Waals surface area contributed by atoms with Crippen LogP contribution >= 0.6 is 0 Å². The molecule has 2 N–H and O–H groups in total. The number of ketones is 1. The molecule has 168 valence electrons. The third-order valence-corrected chi connectivity index (χ3v) is 5.06. The number of aromatic nitrogens is 6.